The quantitative estimate of drug-likeness (QED) is 0.561. The first-order chi connectivity index (χ1) is 9.28. The number of nitrogens with zero attached hydrogens (tertiary/aromatic N) is 1. The molecule has 3 fully saturated rings. The maximum atomic E-state index is 12.2. The van der Waals surface area contributed by atoms with Crippen LogP contribution in [0.25, 0.3) is 0 Å². The van der Waals surface area contributed by atoms with Crippen molar-refractivity contribution in [2.45, 2.75) is 25.3 Å². The normalized spacial score (nSPS) is 37.8. The zero-order chi connectivity index (χ0) is 13.0. The summed E-state index contributed by atoms with van der Waals surface area (Å²) in [7, 11) is 0. The molecule has 4 rings (SSSR count). The number of fused-ring (bicyclic) bond motifs is 5. The van der Waals surface area contributed by atoms with Gasteiger partial charge in [-0.2, -0.15) is 0 Å². The number of carbonyl (C=O) groups is 1. The predicted octanol–water partition coefficient (Wildman–Crippen LogP) is 1.14. The number of rotatable bonds is 3. The van der Waals surface area contributed by atoms with E-state index in [0.717, 1.165) is 23.7 Å². The molecule has 1 amide bonds. The van der Waals surface area contributed by atoms with Crippen molar-refractivity contribution in [1.82, 2.24) is 10.3 Å². The molecule has 3 saturated carbocycles. The summed E-state index contributed by atoms with van der Waals surface area (Å²) in [5.74, 6) is 9.09. The number of pyridine rings is 1. The second-order valence-electron chi connectivity index (χ2n) is 6.06. The van der Waals surface area contributed by atoms with Gasteiger partial charge >= 0.3 is 0 Å². The van der Waals surface area contributed by atoms with Gasteiger partial charge in [-0.25, -0.2) is 10.8 Å². The summed E-state index contributed by atoms with van der Waals surface area (Å²) in [6.07, 6.45) is 5.74. The zero-order valence-electron chi connectivity index (χ0n) is 10.7. The summed E-state index contributed by atoms with van der Waals surface area (Å²) < 4.78 is 0. The van der Waals surface area contributed by atoms with Crippen LogP contribution in [0.2, 0.25) is 0 Å². The van der Waals surface area contributed by atoms with Gasteiger partial charge in [-0.15, -0.1) is 0 Å². The van der Waals surface area contributed by atoms with E-state index >= 15 is 0 Å². The van der Waals surface area contributed by atoms with Gasteiger partial charge in [0, 0.05) is 17.8 Å². The topological polar surface area (TPSA) is 80.0 Å². The summed E-state index contributed by atoms with van der Waals surface area (Å²) in [5, 5.41) is 3.19. The molecule has 5 heteroatoms. The molecule has 3 aliphatic rings. The standard InChI is InChI=1S/C14H18N4O/c15-18-10-6-9(3-4-16-10)14(19)17-13-11-7-1-2-8(5-7)12(11)13/h3-4,6-8,11-13H,1-2,5,15H2,(H,16,18)(H,17,19). The van der Waals surface area contributed by atoms with Crippen LogP contribution in [0.1, 0.15) is 29.6 Å². The lowest BCUT2D eigenvalue weighted by atomic mass is 10.0. The van der Waals surface area contributed by atoms with Gasteiger partial charge in [0.25, 0.3) is 5.91 Å². The third-order valence-electron chi connectivity index (χ3n) is 5.20. The first-order valence-electron chi connectivity index (χ1n) is 7.01. The van der Waals surface area contributed by atoms with Crippen molar-refractivity contribution in [3.8, 4) is 0 Å². The molecule has 0 aromatic carbocycles. The zero-order valence-corrected chi connectivity index (χ0v) is 10.7. The van der Waals surface area contributed by atoms with Crippen LogP contribution in [0.15, 0.2) is 18.3 Å². The smallest absolute Gasteiger partial charge is 0.251 e. The van der Waals surface area contributed by atoms with Crippen LogP contribution in [0.5, 0.6) is 0 Å². The predicted molar refractivity (Wildman–Crippen MR) is 71.1 cm³/mol. The second kappa shape index (κ2) is 3.93. The third kappa shape index (κ3) is 1.64. The van der Waals surface area contributed by atoms with Gasteiger partial charge in [0.15, 0.2) is 0 Å². The van der Waals surface area contributed by atoms with Crippen molar-refractivity contribution in [3.05, 3.63) is 23.9 Å². The fraction of sp³-hybridized carbons (Fsp3) is 0.571. The molecule has 19 heavy (non-hydrogen) atoms. The Morgan fingerprint density at radius 3 is 2.74 bits per heavy atom. The van der Waals surface area contributed by atoms with Crippen LogP contribution in [0, 0.1) is 23.7 Å². The highest BCUT2D eigenvalue weighted by molar-refractivity contribution is 5.95. The van der Waals surface area contributed by atoms with Gasteiger partial charge in [-0.1, -0.05) is 0 Å². The Labute approximate surface area is 111 Å². The van der Waals surface area contributed by atoms with Crippen LogP contribution in [-0.2, 0) is 0 Å². The molecule has 0 aliphatic heterocycles. The van der Waals surface area contributed by atoms with Crippen molar-refractivity contribution in [2.24, 2.45) is 29.5 Å². The van der Waals surface area contributed by atoms with Gasteiger partial charge in [0.05, 0.1) is 0 Å². The number of nitrogens with one attached hydrogen (secondary N) is 2. The molecular weight excluding hydrogens is 240 g/mol. The lowest BCUT2D eigenvalue weighted by molar-refractivity contribution is 0.0944. The second-order valence-corrected chi connectivity index (χ2v) is 6.06. The minimum atomic E-state index is -0.00213. The number of nitrogens with two attached hydrogens (primary N) is 1. The van der Waals surface area contributed by atoms with Crippen molar-refractivity contribution >= 4 is 11.7 Å². The minimum Gasteiger partial charge on any atom is -0.349 e. The Morgan fingerprint density at radius 1 is 1.32 bits per heavy atom. The highest BCUT2D eigenvalue weighted by atomic mass is 16.1. The SMILES string of the molecule is NNc1cc(C(=O)NC2C3C4CCC(C4)C23)ccn1. The summed E-state index contributed by atoms with van der Waals surface area (Å²) in [6.45, 7) is 0. The number of anilines is 1. The minimum absolute atomic E-state index is 0.00213. The van der Waals surface area contributed by atoms with E-state index in [2.05, 4.69) is 15.7 Å². The first-order valence-corrected chi connectivity index (χ1v) is 7.01. The summed E-state index contributed by atoms with van der Waals surface area (Å²) in [5.41, 5.74) is 3.09. The molecule has 100 valence electrons. The molecule has 3 aliphatic carbocycles. The van der Waals surface area contributed by atoms with Crippen LogP contribution < -0.4 is 16.6 Å². The lowest BCUT2D eigenvalue weighted by Gasteiger charge is -2.11. The van der Waals surface area contributed by atoms with Gasteiger partial charge < -0.3 is 10.7 Å². The molecule has 1 aromatic heterocycles. The Morgan fingerprint density at radius 2 is 2.05 bits per heavy atom. The summed E-state index contributed by atoms with van der Waals surface area (Å²) in [4.78, 5) is 16.2. The number of hydrazine groups is 1. The lowest BCUT2D eigenvalue weighted by Crippen LogP contribution is -2.30. The first kappa shape index (κ1) is 11.2. The molecular formula is C14H18N4O. The van der Waals surface area contributed by atoms with Gasteiger partial charge in [-0.05, 0) is 55.1 Å². The number of aromatic nitrogens is 1. The van der Waals surface area contributed by atoms with Crippen LogP contribution in [0.3, 0.4) is 0 Å². The van der Waals surface area contributed by atoms with Crippen LogP contribution in [-0.4, -0.2) is 16.9 Å². The van der Waals surface area contributed by atoms with Gasteiger partial charge in [0.1, 0.15) is 5.82 Å². The number of hydrogen-bond acceptors (Lipinski definition) is 4. The van der Waals surface area contributed by atoms with E-state index in [0.29, 0.717) is 17.4 Å². The van der Waals surface area contributed by atoms with Crippen molar-refractivity contribution in [2.75, 3.05) is 5.43 Å². The average Bonchev–Trinajstić information content (AvgIpc) is 2.85. The molecule has 4 N–H and O–H groups in total. The largest absolute Gasteiger partial charge is 0.349 e. The fourth-order valence-electron chi connectivity index (χ4n) is 4.40. The molecule has 1 aromatic rings. The number of hydrogen-bond donors (Lipinski definition) is 3. The van der Waals surface area contributed by atoms with Crippen molar-refractivity contribution < 1.29 is 4.79 Å². The Kier molecular flexibility index (Phi) is 2.33. The van der Waals surface area contributed by atoms with Crippen LogP contribution in [0.4, 0.5) is 5.82 Å². The average molecular weight is 258 g/mol. The molecule has 4 unspecified atom stereocenters. The third-order valence-corrected chi connectivity index (χ3v) is 5.20. The van der Waals surface area contributed by atoms with E-state index in [9.17, 15) is 4.79 Å². The fourth-order valence-corrected chi connectivity index (χ4v) is 4.40. The Balaban J connectivity index is 1.45. The number of amides is 1. The van der Waals surface area contributed by atoms with Crippen molar-refractivity contribution in [3.63, 3.8) is 0 Å². The molecule has 2 bridgehead atoms. The molecule has 0 spiro atoms. The highest BCUT2D eigenvalue weighted by Gasteiger charge is 2.65. The van der Waals surface area contributed by atoms with Gasteiger partial charge in [-0.3, -0.25) is 4.79 Å². The highest BCUT2D eigenvalue weighted by Crippen LogP contribution is 2.65. The Hall–Kier alpha value is -1.62. The molecule has 0 radical (unpaired) electrons. The molecule has 5 nitrogen and oxygen atoms in total. The molecule has 1 heterocycles. The van der Waals surface area contributed by atoms with Crippen LogP contribution >= 0.6 is 0 Å². The van der Waals surface area contributed by atoms with E-state index in [1.807, 2.05) is 0 Å². The molecule has 0 saturated heterocycles. The summed E-state index contributed by atoms with van der Waals surface area (Å²) in [6, 6.07) is 3.83. The molecule has 4 atom stereocenters. The Bertz CT molecular complexity index is 516. The number of nitrogen functional groups attached to an aromatic ring is 1. The maximum absolute atomic E-state index is 12.2. The van der Waals surface area contributed by atoms with Crippen molar-refractivity contribution in [1.29, 1.82) is 0 Å². The van der Waals surface area contributed by atoms with Gasteiger partial charge in [0.2, 0.25) is 0 Å². The number of carbonyl (C=O) groups excluding carboxylic acids is 1. The van der Waals surface area contributed by atoms with E-state index < -0.39 is 0 Å². The van der Waals surface area contributed by atoms with E-state index in [4.69, 9.17) is 5.84 Å². The summed E-state index contributed by atoms with van der Waals surface area (Å²) >= 11 is 0. The maximum Gasteiger partial charge on any atom is 0.251 e. The van der Waals surface area contributed by atoms with E-state index in [1.165, 1.54) is 19.3 Å². The van der Waals surface area contributed by atoms with E-state index in [-0.39, 0.29) is 5.91 Å². The van der Waals surface area contributed by atoms with E-state index in [1.54, 1.807) is 18.3 Å². The monoisotopic (exact) mass is 258 g/mol.